The zero-order valence-corrected chi connectivity index (χ0v) is 13.3. The lowest BCUT2D eigenvalue weighted by Crippen LogP contribution is -2.54. The monoisotopic (exact) mass is 290 g/mol. The Morgan fingerprint density at radius 3 is 2.62 bits per heavy atom. The van der Waals surface area contributed by atoms with Gasteiger partial charge in [-0.15, -0.1) is 0 Å². The molecule has 1 aromatic carbocycles. The molecule has 2 N–H and O–H groups in total. The molecule has 1 amide bonds. The van der Waals surface area contributed by atoms with E-state index in [1.807, 2.05) is 29.2 Å². The maximum Gasteiger partial charge on any atom is 0.260 e. The summed E-state index contributed by atoms with van der Waals surface area (Å²) in [5.74, 6) is 0.781. The molecule has 0 radical (unpaired) electrons. The number of ether oxygens (including phenoxy) is 1. The van der Waals surface area contributed by atoms with Crippen LogP contribution in [0.25, 0.3) is 0 Å². The van der Waals surface area contributed by atoms with Crippen LogP contribution in [0, 0.1) is 5.41 Å². The highest BCUT2D eigenvalue weighted by Crippen LogP contribution is 2.27. The molecule has 0 bridgehead atoms. The third kappa shape index (κ3) is 3.97. The molecule has 2 rings (SSSR count). The van der Waals surface area contributed by atoms with Crippen LogP contribution in [0.15, 0.2) is 24.3 Å². The number of carbonyl (C=O) groups is 1. The van der Waals surface area contributed by atoms with E-state index in [1.54, 1.807) is 0 Å². The van der Waals surface area contributed by atoms with Crippen LogP contribution in [-0.4, -0.2) is 36.5 Å². The van der Waals surface area contributed by atoms with Crippen molar-refractivity contribution in [2.75, 3.05) is 19.7 Å². The van der Waals surface area contributed by atoms with Gasteiger partial charge in [0.15, 0.2) is 6.61 Å². The number of nitrogens with two attached hydrogens (primary N) is 1. The number of nitrogens with zero attached hydrogens (tertiary/aromatic N) is 1. The largest absolute Gasteiger partial charge is 0.484 e. The van der Waals surface area contributed by atoms with Crippen LogP contribution in [0.4, 0.5) is 0 Å². The molecule has 1 heterocycles. The van der Waals surface area contributed by atoms with E-state index in [1.165, 1.54) is 5.56 Å². The van der Waals surface area contributed by atoms with Crippen molar-refractivity contribution in [3.8, 4) is 5.75 Å². The van der Waals surface area contributed by atoms with Gasteiger partial charge < -0.3 is 15.4 Å². The van der Waals surface area contributed by atoms with Crippen molar-refractivity contribution in [2.24, 2.45) is 11.1 Å². The lowest BCUT2D eigenvalue weighted by atomic mass is 9.80. The van der Waals surface area contributed by atoms with Crippen molar-refractivity contribution in [1.82, 2.24) is 4.90 Å². The number of hydrogen-bond acceptors (Lipinski definition) is 3. The van der Waals surface area contributed by atoms with Crippen LogP contribution >= 0.6 is 0 Å². The van der Waals surface area contributed by atoms with E-state index in [2.05, 4.69) is 20.8 Å². The predicted molar refractivity (Wildman–Crippen MR) is 84.3 cm³/mol. The zero-order valence-electron chi connectivity index (χ0n) is 13.3. The quantitative estimate of drug-likeness (QED) is 0.925. The third-order valence-electron chi connectivity index (χ3n) is 4.36. The summed E-state index contributed by atoms with van der Waals surface area (Å²) >= 11 is 0. The molecule has 1 unspecified atom stereocenters. The number of hydrogen-bond donors (Lipinski definition) is 1. The topological polar surface area (TPSA) is 55.6 Å². The Morgan fingerprint density at radius 1 is 1.38 bits per heavy atom. The number of amides is 1. The number of rotatable bonds is 4. The van der Waals surface area contributed by atoms with Gasteiger partial charge in [-0.3, -0.25) is 4.79 Å². The second-order valence-corrected chi connectivity index (χ2v) is 6.49. The molecule has 1 aliphatic heterocycles. The highest BCUT2D eigenvalue weighted by Gasteiger charge is 2.35. The predicted octanol–water partition coefficient (Wildman–Crippen LogP) is 2.21. The fraction of sp³-hybridized carbons (Fsp3) is 0.588. The van der Waals surface area contributed by atoms with E-state index in [-0.39, 0.29) is 24.0 Å². The smallest absolute Gasteiger partial charge is 0.260 e. The van der Waals surface area contributed by atoms with E-state index >= 15 is 0 Å². The molecule has 1 fully saturated rings. The van der Waals surface area contributed by atoms with Gasteiger partial charge in [-0.2, -0.15) is 0 Å². The Morgan fingerprint density at radius 2 is 2.05 bits per heavy atom. The molecule has 21 heavy (non-hydrogen) atoms. The van der Waals surface area contributed by atoms with Crippen LogP contribution in [-0.2, 0) is 11.2 Å². The zero-order chi connectivity index (χ0) is 15.5. The van der Waals surface area contributed by atoms with Crippen molar-refractivity contribution in [1.29, 1.82) is 0 Å². The molecule has 1 aliphatic rings. The second-order valence-electron chi connectivity index (χ2n) is 6.49. The number of likely N-dealkylation sites (tertiary alicyclic amines) is 1. The lowest BCUT2D eigenvalue weighted by molar-refractivity contribution is -0.136. The molecule has 0 aliphatic carbocycles. The van der Waals surface area contributed by atoms with Gasteiger partial charge >= 0.3 is 0 Å². The van der Waals surface area contributed by atoms with E-state index in [9.17, 15) is 4.79 Å². The highest BCUT2D eigenvalue weighted by molar-refractivity contribution is 5.78. The minimum absolute atomic E-state index is 0.0311. The first-order valence-electron chi connectivity index (χ1n) is 7.67. The highest BCUT2D eigenvalue weighted by atomic mass is 16.5. The maximum absolute atomic E-state index is 12.2. The van der Waals surface area contributed by atoms with E-state index in [0.717, 1.165) is 25.1 Å². The van der Waals surface area contributed by atoms with Crippen LogP contribution in [0.2, 0.25) is 0 Å². The SMILES string of the molecule is CCc1ccc(OCC(=O)N2CCC(N)C(C)(C)C2)cc1. The average molecular weight is 290 g/mol. The molecule has 1 aromatic rings. The van der Waals surface area contributed by atoms with E-state index in [4.69, 9.17) is 10.5 Å². The standard InChI is InChI=1S/C17H26N2O2/c1-4-13-5-7-14(8-6-13)21-11-16(20)19-10-9-15(18)17(2,3)12-19/h5-8,15H,4,9-12,18H2,1-3H3. The Kier molecular flexibility index (Phi) is 4.88. The van der Waals surface area contributed by atoms with Crippen LogP contribution < -0.4 is 10.5 Å². The van der Waals surface area contributed by atoms with Gasteiger partial charge in [0.05, 0.1) is 0 Å². The van der Waals surface area contributed by atoms with Gasteiger partial charge in [0, 0.05) is 19.1 Å². The van der Waals surface area contributed by atoms with Gasteiger partial charge in [0.2, 0.25) is 0 Å². The summed E-state index contributed by atoms with van der Waals surface area (Å²) in [6.07, 6.45) is 1.85. The van der Waals surface area contributed by atoms with Gasteiger partial charge in [-0.05, 0) is 36.0 Å². The molecule has 4 nitrogen and oxygen atoms in total. The van der Waals surface area contributed by atoms with Crippen molar-refractivity contribution in [3.05, 3.63) is 29.8 Å². The first kappa shape index (κ1) is 15.8. The van der Waals surface area contributed by atoms with Crippen LogP contribution in [0.1, 0.15) is 32.8 Å². The summed E-state index contributed by atoms with van der Waals surface area (Å²) in [5.41, 5.74) is 7.33. The van der Waals surface area contributed by atoms with Crippen molar-refractivity contribution < 1.29 is 9.53 Å². The Balaban J connectivity index is 1.86. The molecule has 4 heteroatoms. The molecule has 0 saturated carbocycles. The maximum atomic E-state index is 12.2. The van der Waals surface area contributed by atoms with Gasteiger partial charge in [0.1, 0.15) is 5.75 Å². The second kappa shape index (κ2) is 6.48. The molecule has 1 atom stereocenters. The van der Waals surface area contributed by atoms with Crippen LogP contribution in [0.3, 0.4) is 0 Å². The summed E-state index contributed by atoms with van der Waals surface area (Å²) in [5, 5.41) is 0. The Hall–Kier alpha value is -1.55. The number of piperidine rings is 1. The van der Waals surface area contributed by atoms with Gasteiger partial charge in [-0.1, -0.05) is 32.9 Å². The molecule has 0 aromatic heterocycles. The fourth-order valence-corrected chi connectivity index (χ4v) is 2.64. The summed E-state index contributed by atoms with van der Waals surface area (Å²) < 4.78 is 5.59. The van der Waals surface area contributed by atoms with Crippen molar-refractivity contribution >= 4 is 5.91 Å². The average Bonchev–Trinajstić information content (AvgIpc) is 2.48. The Bertz CT molecular complexity index is 482. The fourth-order valence-electron chi connectivity index (χ4n) is 2.64. The summed E-state index contributed by atoms with van der Waals surface area (Å²) in [6, 6.07) is 8.06. The van der Waals surface area contributed by atoms with Gasteiger partial charge in [0.25, 0.3) is 5.91 Å². The Labute approximate surface area is 127 Å². The summed E-state index contributed by atoms with van der Waals surface area (Å²) in [6.45, 7) is 7.86. The van der Waals surface area contributed by atoms with Crippen LogP contribution in [0.5, 0.6) is 5.75 Å². The first-order valence-corrected chi connectivity index (χ1v) is 7.67. The molecule has 1 saturated heterocycles. The summed E-state index contributed by atoms with van der Waals surface area (Å²) in [7, 11) is 0. The van der Waals surface area contributed by atoms with Crippen molar-refractivity contribution in [2.45, 2.75) is 39.7 Å². The molecule has 116 valence electrons. The lowest BCUT2D eigenvalue weighted by Gasteiger charge is -2.42. The molecular weight excluding hydrogens is 264 g/mol. The summed E-state index contributed by atoms with van der Waals surface area (Å²) in [4.78, 5) is 14.1. The van der Waals surface area contributed by atoms with Crippen molar-refractivity contribution in [3.63, 3.8) is 0 Å². The molecular formula is C17H26N2O2. The minimum atomic E-state index is -0.0311. The number of benzene rings is 1. The van der Waals surface area contributed by atoms with E-state index in [0.29, 0.717) is 6.54 Å². The van der Waals surface area contributed by atoms with Gasteiger partial charge in [-0.25, -0.2) is 0 Å². The number of aryl methyl sites for hydroxylation is 1. The normalized spacial score (nSPS) is 21.1. The molecule has 0 spiro atoms. The number of carbonyl (C=O) groups excluding carboxylic acids is 1. The van der Waals surface area contributed by atoms with E-state index < -0.39 is 0 Å². The first-order chi connectivity index (χ1) is 9.92. The third-order valence-corrected chi connectivity index (χ3v) is 4.36. The minimum Gasteiger partial charge on any atom is -0.484 e.